The van der Waals surface area contributed by atoms with Gasteiger partial charge in [0, 0.05) is 23.7 Å². The van der Waals surface area contributed by atoms with Crippen molar-refractivity contribution in [2.45, 2.75) is 45.5 Å². The summed E-state index contributed by atoms with van der Waals surface area (Å²) in [4.78, 5) is 15.9. The molecule has 1 aromatic heterocycles. The molecule has 4 unspecified atom stereocenters. The molecule has 0 saturated carbocycles. The number of aliphatic hydroxyl groups excluding tert-OH is 1. The van der Waals surface area contributed by atoms with Crippen LogP contribution in [0.15, 0.2) is 54.9 Å². The maximum Gasteiger partial charge on any atom is 0.319 e. The van der Waals surface area contributed by atoms with Crippen molar-refractivity contribution >= 4 is 34.9 Å². The molecule has 8 nitrogen and oxygen atoms in total. The predicted octanol–water partition coefficient (Wildman–Crippen LogP) is 5.32. The summed E-state index contributed by atoms with van der Waals surface area (Å²) in [5.41, 5.74) is 3.29. The lowest BCUT2D eigenvalue weighted by Gasteiger charge is -2.41. The van der Waals surface area contributed by atoms with Crippen LogP contribution >= 0.6 is 23.2 Å². The molecule has 10 heteroatoms. The number of rotatable bonds is 7. The lowest BCUT2D eigenvalue weighted by Crippen LogP contribution is -2.39. The van der Waals surface area contributed by atoms with Crippen molar-refractivity contribution in [2.75, 3.05) is 11.9 Å². The topological polar surface area (TPSA) is 97.6 Å². The number of anilines is 1. The Labute approximate surface area is 214 Å². The molecular formula is C25H28Cl2N4O4. The molecule has 1 aliphatic rings. The molecule has 0 bridgehead atoms. The maximum atomic E-state index is 11.8. The third-order valence-corrected chi connectivity index (χ3v) is 6.78. The number of amides is 2. The van der Waals surface area contributed by atoms with Crippen LogP contribution in [-0.2, 0) is 22.6 Å². The minimum atomic E-state index is -0.644. The average molecular weight is 519 g/mol. The van der Waals surface area contributed by atoms with E-state index in [0.29, 0.717) is 23.9 Å². The number of benzene rings is 2. The highest BCUT2D eigenvalue weighted by Gasteiger charge is 2.38. The highest BCUT2D eigenvalue weighted by Crippen LogP contribution is 2.42. The van der Waals surface area contributed by atoms with E-state index in [2.05, 4.69) is 22.5 Å². The molecule has 0 aliphatic carbocycles. The van der Waals surface area contributed by atoms with Gasteiger partial charge in [-0.1, -0.05) is 66.5 Å². The fourth-order valence-corrected chi connectivity index (χ4v) is 4.37. The SMILES string of the molecule is CCNC(=O)Nc1ccc(C2OC(Cn3cnc(Cl)c3Cl)C(C)C(c3ccc(CO)cc3)O2)cc1. The van der Waals surface area contributed by atoms with Gasteiger partial charge in [-0.2, -0.15) is 0 Å². The van der Waals surface area contributed by atoms with Crippen LogP contribution in [0.4, 0.5) is 10.5 Å². The lowest BCUT2D eigenvalue weighted by molar-refractivity contribution is -0.276. The van der Waals surface area contributed by atoms with Gasteiger partial charge in [0.15, 0.2) is 11.4 Å². The summed E-state index contributed by atoms with van der Waals surface area (Å²) in [7, 11) is 0. The molecule has 186 valence electrons. The second-order valence-corrected chi connectivity index (χ2v) is 9.12. The average Bonchev–Trinajstić information content (AvgIpc) is 3.18. The number of carbonyl (C=O) groups excluding carboxylic acids is 1. The van der Waals surface area contributed by atoms with E-state index in [1.165, 1.54) is 0 Å². The predicted molar refractivity (Wildman–Crippen MR) is 134 cm³/mol. The molecule has 4 atom stereocenters. The van der Waals surface area contributed by atoms with Crippen LogP contribution in [0, 0.1) is 5.92 Å². The summed E-state index contributed by atoms with van der Waals surface area (Å²) in [6.07, 6.45) is 0.428. The largest absolute Gasteiger partial charge is 0.392 e. The van der Waals surface area contributed by atoms with E-state index >= 15 is 0 Å². The molecule has 2 heterocycles. The number of hydrogen-bond donors (Lipinski definition) is 3. The lowest BCUT2D eigenvalue weighted by atomic mass is 9.90. The van der Waals surface area contributed by atoms with Gasteiger partial charge in [-0.25, -0.2) is 9.78 Å². The second-order valence-electron chi connectivity index (χ2n) is 8.41. The van der Waals surface area contributed by atoms with Crippen LogP contribution in [0.3, 0.4) is 0 Å². The number of nitrogens with one attached hydrogen (secondary N) is 2. The van der Waals surface area contributed by atoms with Crippen LogP contribution in [0.25, 0.3) is 0 Å². The van der Waals surface area contributed by atoms with Crippen molar-refractivity contribution in [2.24, 2.45) is 5.92 Å². The standard InChI is InChI=1S/C25H28Cl2N4O4/c1-3-28-25(33)30-19-10-8-18(9-11-19)24-34-20(12-31-14-29-22(26)23(31)27)15(2)21(35-24)17-6-4-16(13-32)5-7-17/h4-11,14-15,20-21,24,32H,3,12-13H2,1-2H3,(H2,28,30,33). The number of ether oxygens (including phenoxy) is 2. The quantitative estimate of drug-likeness (QED) is 0.393. The Kier molecular flexibility index (Phi) is 8.30. The fraction of sp³-hybridized carbons (Fsp3) is 0.360. The monoisotopic (exact) mass is 518 g/mol. The highest BCUT2D eigenvalue weighted by atomic mass is 35.5. The third-order valence-electron chi connectivity index (χ3n) is 6.01. The van der Waals surface area contributed by atoms with Crippen LogP contribution in [0.1, 0.15) is 42.9 Å². The first-order valence-corrected chi connectivity index (χ1v) is 12.2. The first kappa shape index (κ1) is 25.5. The molecule has 2 aromatic carbocycles. The molecular weight excluding hydrogens is 491 g/mol. The van der Waals surface area contributed by atoms with E-state index in [-0.39, 0.29) is 35.9 Å². The molecule has 2 amide bonds. The number of hydrogen-bond acceptors (Lipinski definition) is 5. The van der Waals surface area contributed by atoms with Crippen LogP contribution in [0.5, 0.6) is 0 Å². The van der Waals surface area contributed by atoms with E-state index in [4.69, 9.17) is 32.7 Å². The Morgan fingerprint density at radius 2 is 1.77 bits per heavy atom. The summed E-state index contributed by atoms with van der Waals surface area (Å²) in [6.45, 7) is 4.89. The molecule has 4 rings (SSSR count). The van der Waals surface area contributed by atoms with Gasteiger partial charge in [0.1, 0.15) is 5.15 Å². The van der Waals surface area contributed by atoms with Gasteiger partial charge in [0.25, 0.3) is 0 Å². The zero-order chi connectivity index (χ0) is 24.9. The van der Waals surface area contributed by atoms with Crippen LogP contribution < -0.4 is 10.6 Å². The minimum Gasteiger partial charge on any atom is -0.392 e. The van der Waals surface area contributed by atoms with Crippen molar-refractivity contribution in [3.8, 4) is 0 Å². The molecule has 1 aliphatic heterocycles. The van der Waals surface area contributed by atoms with Gasteiger partial charge in [0.05, 0.1) is 31.7 Å². The smallest absolute Gasteiger partial charge is 0.319 e. The number of urea groups is 1. The van der Waals surface area contributed by atoms with Crippen molar-refractivity contribution in [3.63, 3.8) is 0 Å². The molecule has 3 aromatic rings. The number of carbonyl (C=O) groups is 1. The Hall–Kier alpha value is -2.62. The molecule has 35 heavy (non-hydrogen) atoms. The summed E-state index contributed by atoms with van der Waals surface area (Å²) < 4.78 is 14.6. The van der Waals surface area contributed by atoms with Gasteiger partial charge in [0.2, 0.25) is 0 Å². The summed E-state index contributed by atoms with van der Waals surface area (Å²) in [5, 5.41) is 15.5. The minimum absolute atomic E-state index is 0.0216. The van der Waals surface area contributed by atoms with E-state index < -0.39 is 6.29 Å². The number of halogens is 2. The first-order chi connectivity index (χ1) is 16.9. The zero-order valence-electron chi connectivity index (χ0n) is 19.4. The molecule has 0 radical (unpaired) electrons. The Morgan fingerprint density at radius 3 is 2.37 bits per heavy atom. The van der Waals surface area contributed by atoms with Crippen molar-refractivity contribution < 1.29 is 19.4 Å². The van der Waals surface area contributed by atoms with Crippen molar-refractivity contribution in [3.05, 3.63) is 81.9 Å². The van der Waals surface area contributed by atoms with Crippen molar-refractivity contribution in [1.29, 1.82) is 0 Å². The zero-order valence-corrected chi connectivity index (χ0v) is 21.0. The van der Waals surface area contributed by atoms with E-state index in [9.17, 15) is 9.90 Å². The van der Waals surface area contributed by atoms with E-state index in [1.54, 1.807) is 10.9 Å². The summed E-state index contributed by atoms with van der Waals surface area (Å²) in [6, 6.07) is 14.8. The van der Waals surface area contributed by atoms with Gasteiger partial charge in [-0.3, -0.25) is 0 Å². The van der Waals surface area contributed by atoms with E-state index in [1.807, 2.05) is 55.5 Å². The van der Waals surface area contributed by atoms with Gasteiger partial charge in [-0.05, 0) is 30.2 Å². The molecule has 0 spiro atoms. The molecule has 1 saturated heterocycles. The number of imidazole rings is 1. The van der Waals surface area contributed by atoms with E-state index in [0.717, 1.165) is 16.7 Å². The highest BCUT2D eigenvalue weighted by molar-refractivity contribution is 6.40. The number of nitrogens with zero attached hydrogens (tertiary/aromatic N) is 2. The third kappa shape index (κ3) is 5.97. The van der Waals surface area contributed by atoms with Crippen LogP contribution in [-0.4, -0.2) is 33.3 Å². The number of aliphatic hydroxyl groups is 1. The van der Waals surface area contributed by atoms with Gasteiger partial charge >= 0.3 is 6.03 Å². The van der Waals surface area contributed by atoms with Gasteiger partial charge < -0.3 is 29.8 Å². The normalized spacial score (nSPS) is 22.1. The van der Waals surface area contributed by atoms with Gasteiger partial charge in [-0.15, -0.1) is 0 Å². The molecule has 1 fully saturated rings. The Bertz CT molecular complexity index is 1140. The van der Waals surface area contributed by atoms with Crippen LogP contribution in [0.2, 0.25) is 10.3 Å². The summed E-state index contributed by atoms with van der Waals surface area (Å²) >= 11 is 12.4. The maximum absolute atomic E-state index is 11.8. The fourth-order valence-electron chi connectivity index (χ4n) is 4.05. The number of aromatic nitrogens is 2. The Balaban J connectivity index is 1.59. The molecule has 3 N–H and O–H groups in total. The summed E-state index contributed by atoms with van der Waals surface area (Å²) in [5.74, 6) is -0.0258. The second kappa shape index (κ2) is 11.4. The Morgan fingerprint density at radius 1 is 1.09 bits per heavy atom. The first-order valence-electron chi connectivity index (χ1n) is 11.4. The van der Waals surface area contributed by atoms with Crippen molar-refractivity contribution in [1.82, 2.24) is 14.9 Å².